The topological polar surface area (TPSA) is 112 Å². The summed E-state index contributed by atoms with van der Waals surface area (Å²) in [6.45, 7) is 8.94. The summed E-state index contributed by atoms with van der Waals surface area (Å²) in [5.41, 5.74) is 0. The number of morpholine rings is 1. The van der Waals surface area contributed by atoms with Crippen LogP contribution in [0.4, 0.5) is 0 Å². The van der Waals surface area contributed by atoms with E-state index in [1.165, 1.54) is 6.42 Å². The van der Waals surface area contributed by atoms with Crippen LogP contribution in [0.1, 0.15) is 17.9 Å². The van der Waals surface area contributed by atoms with Crippen molar-refractivity contribution in [2.75, 3.05) is 39.4 Å². The van der Waals surface area contributed by atoms with E-state index in [9.17, 15) is 0 Å². The molecule has 0 radical (unpaired) electrons. The molecule has 130 valence electrons. The van der Waals surface area contributed by atoms with Gasteiger partial charge in [-0.1, -0.05) is 0 Å². The lowest BCUT2D eigenvalue weighted by Crippen LogP contribution is -2.37. The molecule has 0 bridgehead atoms. The number of carbonyl (C=O) groups is 2. The molecule has 8 heteroatoms. The highest BCUT2D eigenvalue weighted by molar-refractivity contribution is 6.27. The first-order valence-corrected chi connectivity index (χ1v) is 7.51. The Morgan fingerprint density at radius 1 is 1.22 bits per heavy atom. The summed E-state index contributed by atoms with van der Waals surface area (Å²) in [5.74, 6) is -1.64. The maximum Gasteiger partial charge on any atom is 0.414 e. The van der Waals surface area contributed by atoms with Gasteiger partial charge in [-0.2, -0.15) is 0 Å². The van der Waals surface area contributed by atoms with Gasteiger partial charge in [0, 0.05) is 13.1 Å². The molecule has 0 aromatic carbocycles. The van der Waals surface area contributed by atoms with Crippen LogP contribution in [0.2, 0.25) is 0 Å². The van der Waals surface area contributed by atoms with E-state index in [-0.39, 0.29) is 0 Å². The molecule has 1 saturated heterocycles. The molecule has 2 rings (SSSR count). The van der Waals surface area contributed by atoms with Gasteiger partial charge in [-0.05, 0) is 38.6 Å². The number of aryl methyl sites for hydroxylation is 1. The Bertz CT molecular complexity index is 470. The third kappa shape index (κ3) is 8.97. The average molecular weight is 328 g/mol. The van der Waals surface area contributed by atoms with Crippen molar-refractivity contribution in [3.63, 3.8) is 0 Å². The molecule has 3 N–H and O–H groups in total. The molecule has 0 unspecified atom stereocenters. The monoisotopic (exact) mass is 328 g/mol. The Morgan fingerprint density at radius 2 is 1.87 bits per heavy atom. The van der Waals surface area contributed by atoms with Crippen LogP contribution < -0.4 is 5.32 Å². The van der Waals surface area contributed by atoms with E-state index < -0.39 is 11.9 Å². The molecule has 1 fully saturated rings. The number of aliphatic carboxylic acids is 2. The highest BCUT2D eigenvalue weighted by Gasteiger charge is 2.08. The third-order valence-electron chi connectivity index (χ3n) is 3.21. The molecule has 1 aromatic heterocycles. The predicted molar refractivity (Wildman–Crippen MR) is 82.3 cm³/mol. The summed E-state index contributed by atoms with van der Waals surface area (Å²) in [6, 6.07) is 4.04. The standard InChI is InChI=1S/C13H22N2O2.C2H2O4/c1-12-3-4-13(17-12)11-14-5-2-6-15-7-9-16-10-8-15;3-1(4)2(5)6/h3-4,14H,2,5-11H2,1H3;(H,3,4)(H,5,6). The minimum Gasteiger partial charge on any atom is -0.473 e. The lowest BCUT2D eigenvalue weighted by atomic mass is 10.3. The van der Waals surface area contributed by atoms with Crippen LogP contribution in [0, 0.1) is 6.92 Å². The summed E-state index contributed by atoms with van der Waals surface area (Å²) in [6.07, 6.45) is 1.18. The highest BCUT2D eigenvalue weighted by Crippen LogP contribution is 2.05. The Hall–Kier alpha value is -1.90. The number of ether oxygens (including phenoxy) is 1. The van der Waals surface area contributed by atoms with Gasteiger partial charge in [0.05, 0.1) is 19.8 Å². The highest BCUT2D eigenvalue weighted by atomic mass is 16.5. The number of rotatable bonds is 6. The Kier molecular flexibility index (Phi) is 8.96. The van der Waals surface area contributed by atoms with Gasteiger partial charge >= 0.3 is 11.9 Å². The third-order valence-corrected chi connectivity index (χ3v) is 3.21. The normalized spacial score (nSPS) is 14.8. The maximum atomic E-state index is 9.10. The lowest BCUT2D eigenvalue weighted by Gasteiger charge is -2.26. The molecule has 2 heterocycles. The van der Waals surface area contributed by atoms with E-state index in [2.05, 4.69) is 10.2 Å². The van der Waals surface area contributed by atoms with Crippen LogP contribution in [0.5, 0.6) is 0 Å². The van der Waals surface area contributed by atoms with Crippen molar-refractivity contribution in [3.05, 3.63) is 23.7 Å². The summed E-state index contributed by atoms with van der Waals surface area (Å²) in [4.78, 5) is 20.7. The van der Waals surface area contributed by atoms with E-state index in [0.29, 0.717) is 0 Å². The fourth-order valence-electron chi connectivity index (χ4n) is 2.04. The van der Waals surface area contributed by atoms with Gasteiger partial charge in [0.25, 0.3) is 0 Å². The van der Waals surface area contributed by atoms with E-state index >= 15 is 0 Å². The van der Waals surface area contributed by atoms with Gasteiger partial charge in [-0.25, -0.2) is 9.59 Å². The lowest BCUT2D eigenvalue weighted by molar-refractivity contribution is -0.159. The van der Waals surface area contributed by atoms with Crippen molar-refractivity contribution in [1.82, 2.24) is 10.2 Å². The van der Waals surface area contributed by atoms with Gasteiger partial charge < -0.3 is 24.7 Å². The molecule has 0 aliphatic carbocycles. The van der Waals surface area contributed by atoms with Crippen molar-refractivity contribution in [3.8, 4) is 0 Å². The predicted octanol–water partition coefficient (Wildman–Crippen LogP) is 0.556. The zero-order chi connectivity index (χ0) is 17.1. The van der Waals surface area contributed by atoms with Crippen LogP contribution >= 0.6 is 0 Å². The van der Waals surface area contributed by atoms with Crippen molar-refractivity contribution < 1.29 is 29.0 Å². The van der Waals surface area contributed by atoms with Crippen molar-refractivity contribution in [2.24, 2.45) is 0 Å². The number of hydrogen-bond donors (Lipinski definition) is 3. The number of carboxylic acids is 2. The molecule has 8 nitrogen and oxygen atoms in total. The fourth-order valence-corrected chi connectivity index (χ4v) is 2.04. The summed E-state index contributed by atoms with van der Waals surface area (Å²) in [5, 5.41) is 18.2. The molecule has 0 saturated carbocycles. The minimum absolute atomic E-state index is 0.830. The molecule has 0 spiro atoms. The molecule has 1 aromatic rings. The fraction of sp³-hybridized carbons (Fsp3) is 0.600. The first kappa shape index (κ1) is 19.1. The summed E-state index contributed by atoms with van der Waals surface area (Å²) in [7, 11) is 0. The summed E-state index contributed by atoms with van der Waals surface area (Å²) < 4.78 is 10.8. The van der Waals surface area contributed by atoms with Crippen molar-refractivity contribution in [1.29, 1.82) is 0 Å². The average Bonchev–Trinajstić information content (AvgIpc) is 2.94. The molecule has 1 aliphatic heterocycles. The number of carboxylic acid groups (broad SMARTS) is 2. The SMILES string of the molecule is Cc1ccc(CNCCCN2CCOCC2)o1.O=C(O)C(=O)O. The van der Waals surface area contributed by atoms with Crippen LogP contribution in [0.15, 0.2) is 16.5 Å². The van der Waals surface area contributed by atoms with E-state index in [4.69, 9.17) is 29.0 Å². The van der Waals surface area contributed by atoms with Gasteiger partial charge in [0.15, 0.2) is 0 Å². The number of hydrogen-bond acceptors (Lipinski definition) is 6. The minimum atomic E-state index is -1.82. The van der Waals surface area contributed by atoms with E-state index in [1.54, 1.807) is 0 Å². The maximum absolute atomic E-state index is 9.10. The second-order valence-electron chi connectivity index (χ2n) is 5.11. The second-order valence-corrected chi connectivity index (χ2v) is 5.11. The number of nitrogens with one attached hydrogen (secondary N) is 1. The molecule has 0 atom stereocenters. The van der Waals surface area contributed by atoms with Gasteiger partial charge in [-0.3, -0.25) is 4.90 Å². The van der Waals surface area contributed by atoms with Crippen LogP contribution in [-0.2, 0) is 20.9 Å². The largest absolute Gasteiger partial charge is 0.473 e. The molecular formula is C15H24N2O6. The zero-order valence-corrected chi connectivity index (χ0v) is 13.3. The number of nitrogens with zero attached hydrogens (tertiary/aromatic N) is 1. The van der Waals surface area contributed by atoms with E-state index in [0.717, 1.165) is 57.5 Å². The Morgan fingerprint density at radius 3 is 2.39 bits per heavy atom. The first-order chi connectivity index (χ1) is 11.0. The van der Waals surface area contributed by atoms with Gasteiger partial charge in [0.1, 0.15) is 11.5 Å². The molecule has 23 heavy (non-hydrogen) atoms. The van der Waals surface area contributed by atoms with Crippen LogP contribution in [0.3, 0.4) is 0 Å². The Labute approximate surface area is 135 Å². The molecule has 0 amide bonds. The van der Waals surface area contributed by atoms with Gasteiger partial charge in [-0.15, -0.1) is 0 Å². The number of furan rings is 1. The molecular weight excluding hydrogens is 304 g/mol. The van der Waals surface area contributed by atoms with E-state index in [1.807, 2.05) is 19.1 Å². The molecule has 1 aliphatic rings. The second kappa shape index (κ2) is 10.8. The van der Waals surface area contributed by atoms with Crippen LogP contribution in [0.25, 0.3) is 0 Å². The van der Waals surface area contributed by atoms with Crippen LogP contribution in [-0.4, -0.2) is 66.4 Å². The Balaban J connectivity index is 0.000000379. The first-order valence-electron chi connectivity index (χ1n) is 7.51. The zero-order valence-electron chi connectivity index (χ0n) is 13.3. The van der Waals surface area contributed by atoms with Crippen molar-refractivity contribution in [2.45, 2.75) is 19.9 Å². The summed E-state index contributed by atoms with van der Waals surface area (Å²) >= 11 is 0. The van der Waals surface area contributed by atoms with Gasteiger partial charge in [0.2, 0.25) is 0 Å². The quantitative estimate of drug-likeness (QED) is 0.513. The van der Waals surface area contributed by atoms with Crippen molar-refractivity contribution >= 4 is 11.9 Å². The smallest absolute Gasteiger partial charge is 0.414 e.